The number of carbonyl (C=O) groups is 2. The number of likely N-dealkylation sites (N-methyl/N-ethyl adjacent to an activating group) is 1. The van der Waals surface area contributed by atoms with Gasteiger partial charge in [0.25, 0.3) is 0 Å². The Labute approximate surface area is 114 Å². The van der Waals surface area contributed by atoms with Gasteiger partial charge in [0.15, 0.2) is 5.54 Å². The van der Waals surface area contributed by atoms with Crippen molar-refractivity contribution in [1.29, 1.82) is 0 Å². The lowest BCUT2D eigenvalue weighted by Crippen LogP contribution is -2.54. The lowest BCUT2D eigenvalue weighted by atomic mass is 9.83. The summed E-state index contributed by atoms with van der Waals surface area (Å²) in [7, 11) is 0. The van der Waals surface area contributed by atoms with Gasteiger partial charge in [-0.25, -0.2) is 4.79 Å². The highest BCUT2D eigenvalue weighted by Crippen LogP contribution is 2.34. The van der Waals surface area contributed by atoms with E-state index in [0.717, 1.165) is 0 Å². The van der Waals surface area contributed by atoms with Crippen molar-refractivity contribution in [2.24, 2.45) is 0 Å². The van der Waals surface area contributed by atoms with E-state index in [4.69, 9.17) is 0 Å². The Bertz CT molecular complexity index is 444. The molecule has 0 radical (unpaired) electrons. The topological polar surface area (TPSA) is 57.6 Å². The minimum absolute atomic E-state index is 0.220. The summed E-state index contributed by atoms with van der Waals surface area (Å²) in [4.78, 5) is 25.2. The van der Waals surface area contributed by atoms with Gasteiger partial charge in [-0.05, 0) is 18.9 Å². The summed E-state index contributed by atoms with van der Waals surface area (Å²) in [5, 5.41) is 9.76. The second-order valence-electron chi connectivity index (χ2n) is 4.54. The van der Waals surface area contributed by atoms with Gasteiger partial charge in [0, 0.05) is 13.5 Å². The second-order valence-corrected chi connectivity index (χ2v) is 4.54. The number of carboxylic acids is 1. The second kappa shape index (κ2) is 6.36. The van der Waals surface area contributed by atoms with Crippen molar-refractivity contribution in [3.05, 3.63) is 35.9 Å². The van der Waals surface area contributed by atoms with Gasteiger partial charge in [-0.2, -0.15) is 0 Å². The van der Waals surface area contributed by atoms with Gasteiger partial charge >= 0.3 is 5.97 Å². The number of aliphatic carboxylic acids is 1. The van der Waals surface area contributed by atoms with E-state index in [1.54, 1.807) is 31.2 Å². The molecule has 0 heterocycles. The average Bonchev–Trinajstić information content (AvgIpc) is 2.38. The van der Waals surface area contributed by atoms with Crippen LogP contribution in [0, 0.1) is 0 Å². The van der Waals surface area contributed by atoms with Gasteiger partial charge in [-0.1, -0.05) is 43.7 Å². The quantitative estimate of drug-likeness (QED) is 0.858. The van der Waals surface area contributed by atoms with Gasteiger partial charge in [0.05, 0.1) is 0 Å². The van der Waals surface area contributed by atoms with Crippen LogP contribution in [0.25, 0.3) is 0 Å². The molecule has 0 aliphatic carbocycles. The molecule has 4 nitrogen and oxygen atoms in total. The maximum Gasteiger partial charge on any atom is 0.334 e. The largest absolute Gasteiger partial charge is 0.479 e. The highest BCUT2D eigenvalue weighted by molar-refractivity contribution is 5.87. The molecule has 0 aliphatic rings. The van der Waals surface area contributed by atoms with Crippen LogP contribution < -0.4 is 0 Å². The standard InChI is InChI=1S/C15H21NO3/c1-4-11-15(14(18)19,16(5-2)12(3)17)13-9-7-6-8-10-13/h6-10H,4-5,11H2,1-3H3,(H,18,19). The first kappa shape index (κ1) is 15.2. The van der Waals surface area contributed by atoms with Crippen LogP contribution in [0.4, 0.5) is 0 Å². The lowest BCUT2D eigenvalue weighted by molar-refractivity contribution is -0.160. The first-order valence-electron chi connectivity index (χ1n) is 6.57. The fourth-order valence-corrected chi connectivity index (χ4v) is 2.62. The Balaban J connectivity index is 3.46. The normalized spacial score (nSPS) is 13.6. The van der Waals surface area contributed by atoms with Crippen LogP contribution in [-0.4, -0.2) is 28.4 Å². The van der Waals surface area contributed by atoms with Crippen LogP contribution in [-0.2, 0) is 15.1 Å². The van der Waals surface area contributed by atoms with Crippen LogP contribution >= 0.6 is 0 Å². The maximum atomic E-state index is 11.9. The van der Waals surface area contributed by atoms with Crippen molar-refractivity contribution in [2.75, 3.05) is 6.54 Å². The molecule has 0 aliphatic heterocycles. The molecule has 104 valence electrons. The molecule has 0 bridgehead atoms. The fourth-order valence-electron chi connectivity index (χ4n) is 2.62. The van der Waals surface area contributed by atoms with E-state index < -0.39 is 11.5 Å². The van der Waals surface area contributed by atoms with Gasteiger partial charge in [0.1, 0.15) is 0 Å². The zero-order valence-corrected chi connectivity index (χ0v) is 11.7. The number of nitrogens with zero attached hydrogens (tertiary/aromatic N) is 1. The molecule has 1 amide bonds. The molecule has 1 N–H and O–H groups in total. The van der Waals surface area contributed by atoms with Crippen LogP contribution in [0.15, 0.2) is 30.3 Å². The van der Waals surface area contributed by atoms with E-state index in [9.17, 15) is 14.7 Å². The predicted molar refractivity (Wildman–Crippen MR) is 73.7 cm³/mol. The van der Waals surface area contributed by atoms with Gasteiger partial charge < -0.3 is 10.0 Å². The van der Waals surface area contributed by atoms with Gasteiger partial charge in [-0.15, -0.1) is 0 Å². The molecule has 1 rings (SSSR count). The van der Waals surface area contributed by atoms with E-state index in [1.165, 1.54) is 11.8 Å². The third kappa shape index (κ3) is 2.78. The minimum atomic E-state index is -1.27. The summed E-state index contributed by atoms with van der Waals surface area (Å²) >= 11 is 0. The summed E-state index contributed by atoms with van der Waals surface area (Å²) < 4.78 is 0. The Hall–Kier alpha value is -1.84. The zero-order chi connectivity index (χ0) is 14.5. The summed E-state index contributed by atoms with van der Waals surface area (Å²) in [6.07, 6.45) is 1.09. The monoisotopic (exact) mass is 263 g/mol. The fraction of sp³-hybridized carbons (Fsp3) is 0.467. The predicted octanol–water partition coefficient (Wildman–Crippen LogP) is 2.64. The van der Waals surface area contributed by atoms with Crippen molar-refractivity contribution in [3.63, 3.8) is 0 Å². The van der Waals surface area contributed by atoms with E-state index in [0.29, 0.717) is 24.9 Å². The molecule has 0 aromatic heterocycles. The summed E-state index contributed by atoms with van der Waals surface area (Å²) in [6, 6.07) is 8.99. The molecule has 0 fully saturated rings. The molecule has 1 atom stereocenters. The Morgan fingerprint density at radius 2 is 1.79 bits per heavy atom. The SMILES string of the molecule is CCCC(C(=O)O)(c1ccccc1)N(CC)C(C)=O. The Kier molecular flexibility index (Phi) is 5.10. The van der Waals surface area contributed by atoms with E-state index in [-0.39, 0.29) is 5.91 Å². The lowest BCUT2D eigenvalue weighted by Gasteiger charge is -2.40. The molecule has 0 spiro atoms. The average molecular weight is 263 g/mol. The van der Waals surface area contributed by atoms with E-state index >= 15 is 0 Å². The van der Waals surface area contributed by atoms with E-state index in [2.05, 4.69) is 0 Å². The van der Waals surface area contributed by atoms with Gasteiger partial charge in [0.2, 0.25) is 5.91 Å². The smallest absolute Gasteiger partial charge is 0.334 e. The molecule has 0 saturated carbocycles. The number of hydrogen-bond donors (Lipinski definition) is 1. The van der Waals surface area contributed by atoms with E-state index in [1.807, 2.05) is 13.0 Å². The van der Waals surface area contributed by atoms with Crippen molar-refractivity contribution in [2.45, 2.75) is 39.2 Å². The number of rotatable bonds is 6. The van der Waals surface area contributed by atoms with Gasteiger partial charge in [-0.3, -0.25) is 4.79 Å². The number of carbonyl (C=O) groups excluding carboxylic acids is 1. The minimum Gasteiger partial charge on any atom is -0.479 e. The highest BCUT2D eigenvalue weighted by atomic mass is 16.4. The molecule has 1 unspecified atom stereocenters. The number of benzene rings is 1. The molecular formula is C15H21NO3. The Morgan fingerprint density at radius 3 is 2.16 bits per heavy atom. The van der Waals surface area contributed by atoms with Crippen LogP contribution in [0.5, 0.6) is 0 Å². The number of carboxylic acid groups (broad SMARTS) is 1. The Morgan fingerprint density at radius 1 is 1.21 bits per heavy atom. The van der Waals surface area contributed by atoms with Crippen molar-refractivity contribution >= 4 is 11.9 Å². The molecular weight excluding hydrogens is 242 g/mol. The first-order valence-corrected chi connectivity index (χ1v) is 6.57. The molecule has 0 saturated heterocycles. The molecule has 1 aromatic rings. The number of hydrogen-bond acceptors (Lipinski definition) is 2. The highest BCUT2D eigenvalue weighted by Gasteiger charge is 2.45. The molecule has 19 heavy (non-hydrogen) atoms. The summed E-state index contributed by atoms with van der Waals surface area (Å²) in [6.45, 7) is 5.52. The third-order valence-corrected chi connectivity index (χ3v) is 3.37. The zero-order valence-electron chi connectivity index (χ0n) is 11.7. The van der Waals surface area contributed by atoms with Crippen molar-refractivity contribution in [3.8, 4) is 0 Å². The first-order chi connectivity index (χ1) is 9.00. The third-order valence-electron chi connectivity index (χ3n) is 3.37. The maximum absolute atomic E-state index is 11.9. The summed E-state index contributed by atoms with van der Waals surface area (Å²) in [5.74, 6) is -1.19. The van der Waals surface area contributed by atoms with Crippen LogP contribution in [0.1, 0.15) is 39.2 Å². The number of amides is 1. The van der Waals surface area contributed by atoms with Crippen molar-refractivity contribution < 1.29 is 14.7 Å². The van der Waals surface area contributed by atoms with Crippen LogP contribution in [0.3, 0.4) is 0 Å². The van der Waals surface area contributed by atoms with Crippen LogP contribution in [0.2, 0.25) is 0 Å². The molecule has 1 aromatic carbocycles. The molecule has 4 heteroatoms. The summed E-state index contributed by atoms with van der Waals surface area (Å²) in [5.41, 5.74) is -0.613. The van der Waals surface area contributed by atoms with Crippen molar-refractivity contribution in [1.82, 2.24) is 4.90 Å².